The van der Waals surface area contributed by atoms with Crippen LogP contribution in [0.5, 0.6) is 0 Å². The van der Waals surface area contributed by atoms with Crippen LogP contribution in [0.15, 0.2) is 50.3 Å². The van der Waals surface area contributed by atoms with Gasteiger partial charge in [0.2, 0.25) is 5.88 Å². The number of phosphoric ester groups is 1. The lowest BCUT2D eigenvalue weighted by molar-refractivity contribution is 0.0128. The molecule has 0 saturated carbocycles. The molecular weight excluding hydrogens is 456 g/mol. The first kappa shape index (κ1) is 21.9. The van der Waals surface area contributed by atoms with Gasteiger partial charge >= 0.3 is 13.5 Å². The fraction of sp³-hybridized carbons (Fsp3) is 0.235. The Balaban J connectivity index is 1.69. The third-order valence-corrected chi connectivity index (χ3v) is 5.12. The highest BCUT2D eigenvalue weighted by Gasteiger charge is 2.39. The molecule has 0 aliphatic carbocycles. The lowest BCUT2D eigenvalue weighted by Gasteiger charge is -2.16. The summed E-state index contributed by atoms with van der Waals surface area (Å²) in [7, 11) is -4.89. The molecule has 13 nitrogen and oxygen atoms in total. The molecule has 1 aromatic carbocycles. The van der Waals surface area contributed by atoms with Crippen molar-refractivity contribution >= 4 is 24.7 Å². The second kappa shape index (κ2) is 8.00. The molecule has 3 heterocycles. The molecular formula is C17H15FN3O10P. The van der Waals surface area contributed by atoms with Crippen molar-refractivity contribution in [2.75, 3.05) is 6.61 Å². The molecule has 170 valence electrons. The highest BCUT2D eigenvalue weighted by atomic mass is 31.2. The summed E-state index contributed by atoms with van der Waals surface area (Å²) in [5.41, 5.74) is -1.73. The average molecular weight is 471 g/mol. The molecule has 32 heavy (non-hydrogen) atoms. The minimum Gasteiger partial charge on any atom is -0.505 e. The van der Waals surface area contributed by atoms with Gasteiger partial charge in [0.05, 0.1) is 18.5 Å². The minimum absolute atomic E-state index is 0.0153. The van der Waals surface area contributed by atoms with Gasteiger partial charge in [-0.15, -0.1) is 0 Å². The van der Waals surface area contributed by atoms with Gasteiger partial charge in [0.1, 0.15) is 11.5 Å². The predicted octanol–water partition coefficient (Wildman–Crippen LogP) is -0.108. The third-order valence-electron chi connectivity index (χ3n) is 4.64. The molecule has 0 fully saturated rings. The zero-order chi connectivity index (χ0) is 23.2. The van der Waals surface area contributed by atoms with Crippen molar-refractivity contribution in [1.82, 2.24) is 14.3 Å². The van der Waals surface area contributed by atoms with Crippen LogP contribution in [-0.2, 0) is 20.4 Å². The van der Waals surface area contributed by atoms with Crippen LogP contribution in [0.25, 0.3) is 16.9 Å². The van der Waals surface area contributed by atoms with Crippen molar-refractivity contribution in [2.45, 2.75) is 18.8 Å². The van der Waals surface area contributed by atoms with Crippen molar-refractivity contribution in [3.63, 3.8) is 0 Å². The number of aliphatic hydroxyl groups is 2. The van der Waals surface area contributed by atoms with Gasteiger partial charge < -0.3 is 29.3 Å². The quantitative estimate of drug-likeness (QED) is 0.352. The fourth-order valence-corrected chi connectivity index (χ4v) is 3.47. The van der Waals surface area contributed by atoms with Gasteiger partial charge in [0.25, 0.3) is 5.56 Å². The van der Waals surface area contributed by atoms with Crippen molar-refractivity contribution in [2.24, 2.45) is 0 Å². The molecule has 0 unspecified atom stereocenters. The molecule has 4 rings (SSSR count). The van der Waals surface area contributed by atoms with Crippen LogP contribution in [0.2, 0.25) is 0 Å². The Morgan fingerprint density at radius 2 is 2.00 bits per heavy atom. The molecule has 1 aliphatic rings. The van der Waals surface area contributed by atoms with Crippen LogP contribution >= 0.6 is 7.82 Å². The normalized spacial score (nSPS) is 19.0. The second-order valence-corrected chi connectivity index (χ2v) is 7.95. The van der Waals surface area contributed by atoms with E-state index in [0.717, 1.165) is 18.3 Å². The molecule has 2 atom stereocenters. The monoisotopic (exact) mass is 471 g/mol. The SMILES string of the molecule is O=c1ccn(C2=C(O)[C@@H](O)[C@@H](COP(=O)(O)O)O2)c(=O)n1Cc1noc2cccc(F)c12. The highest BCUT2D eigenvalue weighted by Crippen LogP contribution is 2.37. The number of aliphatic hydroxyl groups excluding tert-OH is 2. The van der Waals surface area contributed by atoms with Crippen LogP contribution in [0.1, 0.15) is 5.69 Å². The van der Waals surface area contributed by atoms with E-state index in [4.69, 9.17) is 19.0 Å². The molecule has 15 heteroatoms. The molecule has 2 aromatic heterocycles. The lowest BCUT2D eigenvalue weighted by Crippen LogP contribution is -2.39. The van der Waals surface area contributed by atoms with Crippen LogP contribution < -0.4 is 11.2 Å². The molecule has 0 saturated heterocycles. The molecule has 0 amide bonds. The number of phosphoric acid groups is 1. The largest absolute Gasteiger partial charge is 0.505 e. The van der Waals surface area contributed by atoms with E-state index < -0.39 is 61.9 Å². The van der Waals surface area contributed by atoms with Gasteiger partial charge in [-0.3, -0.25) is 13.9 Å². The first-order valence-corrected chi connectivity index (χ1v) is 10.4. The average Bonchev–Trinajstić information content (AvgIpc) is 3.26. The summed E-state index contributed by atoms with van der Waals surface area (Å²) < 4.78 is 40.9. The molecule has 0 spiro atoms. The maximum atomic E-state index is 14.2. The number of rotatable bonds is 6. The van der Waals surface area contributed by atoms with Crippen molar-refractivity contribution in [1.29, 1.82) is 0 Å². The third kappa shape index (κ3) is 3.97. The summed E-state index contributed by atoms with van der Waals surface area (Å²) in [6.07, 6.45) is -2.25. The first-order chi connectivity index (χ1) is 15.1. The Morgan fingerprint density at radius 1 is 1.25 bits per heavy atom. The number of benzene rings is 1. The van der Waals surface area contributed by atoms with E-state index in [9.17, 15) is 28.8 Å². The number of ether oxygens (including phenoxy) is 1. The Bertz CT molecular complexity index is 1390. The Hall–Kier alpha value is -3.29. The number of hydrogen-bond acceptors (Lipinski definition) is 9. The minimum atomic E-state index is -4.89. The number of aromatic nitrogens is 3. The lowest BCUT2D eigenvalue weighted by atomic mass is 10.2. The van der Waals surface area contributed by atoms with Crippen molar-refractivity contribution in [3.05, 3.63) is 68.6 Å². The Labute approximate surface area is 176 Å². The summed E-state index contributed by atoms with van der Waals surface area (Å²) in [5.74, 6) is -2.07. The second-order valence-electron chi connectivity index (χ2n) is 6.71. The highest BCUT2D eigenvalue weighted by molar-refractivity contribution is 7.46. The summed E-state index contributed by atoms with van der Waals surface area (Å²) in [6, 6.07) is 4.97. The van der Waals surface area contributed by atoms with Crippen LogP contribution in [0.4, 0.5) is 4.39 Å². The fourth-order valence-electron chi connectivity index (χ4n) is 3.13. The zero-order valence-electron chi connectivity index (χ0n) is 15.9. The van der Waals surface area contributed by atoms with Crippen molar-refractivity contribution in [3.8, 4) is 0 Å². The molecule has 0 radical (unpaired) electrons. The summed E-state index contributed by atoms with van der Waals surface area (Å²) in [4.78, 5) is 42.8. The summed E-state index contributed by atoms with van der Waals surface area (Å²) in [5, 5.41) is 23.9. The number of hydrogen-bond donors (Lipinski definition) is 4. The maximum Gasteiger partial charge on any atom is 0.469 e. The van der Waals surface area contributed by atoms with Gasteiger partial charge in [-0.1, -0.05) is 11.2 Å². The zero-order valence-corrected chi connectivity index (χ0v) is 16.8. The predicted molar refractivity (Wildman–Crippen MR) is 103 cm³/mol. The summed E-state index contributed by atoms with van der Waals surface area (Å²) in [6.45, 7) is -1.29. The Kier molecular flexibility index (Phi) is 5.48. The van der Waals surface area contributed by atoms with E-state index in [2.05, 4.69) is 9.68 Å². The standard InChI is InChI=1S/C17H15FN3O10P/c18-8-2-1-3-10-13(8)9(19-31-10)6-21-12(22)4-5-20(17(21)25)16-15(24)14(23)11(30-16)7-29-32(26,27)28/h1-5,11,14,23-24H,6-7H2,(H2,26,27,28)/t11-,14+/m1/s1. The molecule has 4 N–H and O–H groups in total. The first-order valence-electron chi connectivity index (χ1n) is 8.90. The van der Waals surface area contributed by atoms with E-state index in [-0.39, 0.29) is 16.7 Å². The Morgan fingerprint density at radius 3 is 2.72 bits per heavy atom. The molecule has 3 aromatic rings. The number of halogens is 1. The van der Waals surface area contributed by atoms with E-state index >= 15 is 0 Å². The van der Waals surface area contributed by atoms with E-state index in [0.29, 0.717) is 9.13 Å². The van der Waals surface area contributed by atoms with Crippen LogP contribution in [0, 0.1) is 5.82 Å². The number of nitrogens with zero attached hydrogens (tertiary/aromatic N) is 3. The van der Waals surface area contributed by atoms with E-state index in [1.54, 1.807) is 0 Å². The smallest absolute Gasteiger partial charge is 0.469 e. The van der Waals surface area contributed by atoms with Gasteiger partial charge in [-0.2, -0.15) is 0 Å². The number of fused-ring (bicyclic) bond motifs is 1. The van der Waals surface area contributed by atoms with Gasteiger partial charge in [0, 0.05) is 12.3 Å². The summed E-state index contributed by atoms with van der Waals surface area (Å²) >= 11 is 0. The maximum absolute atomic E-state index is 14.2. The topological polar surface area (TPSA) is 186 Å². The van der Waals surface area contributed by atoms with Gasteiger partial charge in [0.15, 0.2) is 23.6 Å². The van der Waals surface area contributed by atoms with Crippen LogP contribution in [-0.4, -0.2) is 53.1 Å². The van der Waals surface area contributed by atoms with Gasteiger partial charge in [-0.05, 0) is 12.1 Å². The van der Waals surface area contributed by atoms with E-state index in [1.165, 1.54) is 12.1 Å². The van der Waals surface area contributed by atoms with E-state index in [1.807, 2.05) is 0 Å². The van der Waals surface area contributed by atoms with Crippen molar-refractivity contribution < 1.29 is 42.7 Å². The van der Waals surface area contributed by atoms with Gasteiger partial charge in [-0.25, -0.2) is 18.3 Å². The molecule has 0 bridgehead atoms. The molecule has 1 aliphatic heterocycles. The van der Waals surface area contributed by atoms with Crippen LogP contribution in [0.3, 0.4) is 0 Å².